The molecule has 0 bridgehead atoms. The van der Waals surface area contributed by atoms with Gasteiger partial charge >= 0.3 is 6.03 Å². The molecule has 6 heteroatoms. The van der Waals surface area contributed by atoms with Crippen molar-refractivity contribution >= 4 is 39.8 Å². The number of fused-ring (bicyclic) bond motifs is 1. The van der Waals surface area contributed by atoms with Gasteiger partial charge in [-0.05, 0) is 24.6 Å². The van der Waals surface area contributed by atoms with Crippen molar-refractivity contribution in [2.45, 2.75) is 13.0 Å². The molecule has 2 amide bonds. The number of hydrogen-bond acceptors (Lipinski definition) is 3. The topological polar surface area (TPSA) is 60.2 Å². The average molecular weight is 363 g/mol. The van der Waals surface area contributed by atoms with Crippen LogP contribution in [0.15, 0.2) is 54.9 Å². The number of benzene rings is 2. The predicted molar refractivity (Wildman–Crippen MR) is 103 cm³/mol. The third kappa shape index (κ3) is 2.56. The standard InChI is InChI=1S/C20H15ClN4O/c1-13-6-7-15(21)8-18(13)24-12-16(9-22)25(20(24)26)19-11-23-10-14-4-2-3-5-17(14)19/h2-8,10-11,16H,12H2,1H3. The van der Waals surface area contributed by atoms with Crippen LogP contribution in [0.5, 0.6) is 0 Å². The molecule has 1 fully saturated rings. The Hall–Kier alpha value is -3.10. The van der Waals surface area contributed by atoms with Crippen LogP contribution in [0.3, 0.4) is 0 Å². The van der Waals surface area contributed by atoms with Gasteiger partial charge in [-0.1, -0.05) is 41.9 Å². The van der Waals surface area contributed by atoms with E-state index in [-0.39, 0.29) is 12.6 Å². The molecule has 1 atom stereocenters. The zero-order chi connectivity index (χ0) is 18.3. The fraction of sp³-hybridized carbons (Fsp3) is 0.150. The molecule has 2 aromatic carbocycles. The molecule has 4 rings (SSSR count). The summed E-state index contributed by atoms with van der Waals surface area (Å²) in [6, 6.07) is 14.5. The number of hydrogen-bond donors (Lipinski definition) is 0. The van der Waals surface area contributed by atoms with Crippen LogP contribution in [-0.4, -0.2) is 23.6 Å². The maximum absolute atomic E-state index is 13.2. The van der Waals surface area contributed by atoms with Gasteiger partial charge in [-0.15, -0.1) is 0 Å². The largest absolute Gasteiger partial charge is 0.330 e. The Morgan fingerprint density at radius 3 is 2.81 bits per heavy atom. The van der Waals surface area contributed by atoms with Crippen LogP contribution in [0.1, 0.15) is 5.56 Å². The summed E-state index contributed by atoms with van der Waals surface area (Å²) in [6.45, 7) is 2.20. The lowest BCUT2D eigenvalue weighted by Gasteiger charge is -2.21. The molecule has 3 aromatic rings. The highest BCUT2D eigenvalue weighted by Crippen LogP contribution is 2.34. The van der Waals surface area contributed by atoms with E-state index in [2.05, 4.69) is 11.1 Å². The van der Waals surface area contributed by atoms with Crippen LogP contribution in [0.4, 0.5) is 16.2 Å². The molecule has 0 saturated carbocycles. The van der Waals surface area contributed by atoms with Gasteiger partial charge in [-0.25, -0.2) is 4.79 Å². The van der Waals surface area contributed by atoms with Gasteiger partial charge in [0.15, 0.2) is 0 Å². The molecule has 0 spiro atoms. The van der Waals surface area contributed by atoms with Crippen molar-refractivity contribution < 1.29 is 4.79 Å². The highest BCUT2D eigenvalue weighted by Gasteiger charge is 2.40. The van der Waals surface area contributed by atoms with Crippen molar-refractivity contribution in [1.82, 2.24) is 4.98 Å². The lowest BCUT2D eigenvalue weighted by atomic mass is 10.1. The molecule has 0 radical (unpaired) electrons. The lowest BCUT2D eigenvalue weighted by molar-refractivity contribution is 0.255. The highest BCUT2D eigenvalue weighted by atomic mass is 35.5. The summed E-state index contributed by atoms with van der Waals surface area (Å²) >= 11 is 6.12. The van der Waals surface area contributed by atoms with Gasteiger partial charge in [-0.2, -0.15) is 5.26 Å². The van der Waals surface area contributed by atoms with E-state index in [4.69, 9.17) is 11.6 Å². The number of nitriles is 1. The minimum Gasteiger partial charge on any atom is -0.291 e. The number of nitrogens with zero attached hydrogens (tertiary/aromatic N) is 4. The molecule has 1 aromatic heterocycles. The van der Waals surface area contributed by atoms with Crippen LogP contribution in [0.25, 0.3) is 10.8 Å². The summed E-state index contributed by atoms with van der Waals surface area (Å²) in [5, 5.41) is 12.0. The molecule has 1 unspecified atom stereocenters. The number of pyridine rings is 1. The second-order valence-electron chi connectivity index (χ2n) is 6.22. The summed E-state index contributed by atoms with van der Waals surface area (Å²) < 4.78 is 0. The molecule has 0 aliphatic carbocycles. The first-order valence-electron chi connectivity index (χ1n) is 8.19. The van der Waals surface area contributed by atoms with Crippen LogP contribution < -0.4 is 9.80 Å². The summed E-state index contributed by atoms with van der Waals surface area (Å²) in [6.07, 6.45) is 3.39. The Kier molecular flexibility index (Phi) is 3.98. The highest BCUT2D eigenvalue weighted by molar-refractivity contribution is 6.31. The van der Waals surface area contributed by atoms with Crippen molar-refractivity contribution in [3.8, 4) is 6.07 Å². The van der Waals surface area contributed by atoms with E-state index in [0.29, 0.717) is 10.7 Å². The van der Waals surface area contributed by atoms with E-state index in [9.17, 15) is 10.1 Å². The first-order valence-corrected chi connectivity index (χ1v) is 8.57. The molecule has 26 heavy (non-hydrogen) atoms. The first-order chi connectivity index (χ1) is 12.6. The van der Waals surface area contributed by atoms with E-state index in [1.165, 1.54) is 4.90 Å². The zero-order valence-electron chi connectivity index (χ0n) is 14.1. The third-order valence-corrected chi connectivity index (χ3v) is 4.86. The molecule has 0 N–H and O–H groups in total. The smallest absolute Gasteiger partial charge is 0.291 e. The minimum atomic E-state index is -0.603. The molecule has 128 valence electrons. The summed E-state index contributed by atoms with van der Waals surface area (Å²) in [5.74, 6) is 0. The van der Waals surface area contributed by atoms with Gasteiger partial charge < -0.3 is 0 Å². The number of carbonyl (C=O) groups is 1. The number of urea groups is 1. The van der Waals surface area contributed by atoms with Crippen LogP contribution >= 0.6 is 11.6 Å². The summed E-state index contributed by atoms with van der Waals surface area (Å²) in [7, 11) is 0. The van der Waals surface area contributed by atoms with Gasteiger partial charge in [0.05, 0.1) is 24.5 Å². The molecule has 1 saturated heterocycles. The Balaban J connectivity index is 1.83. The van der Waals surface area contributed by atoms with Crippen molar-refractivity contribution in [3.63, 3.8) is 0 Å². The minimum absolute atomic E-state index is 0.250. The van der Waals surface area contributed by atoms with Crippen molar-refractivity contribution in [3.05, 3.63) is 65.4 Å². The molecular formula is C20H15ClN4O. The van der Waals surface area contributed by atoms with Gasteiger partial charge in [0.25, 0.3) is 0 Å². The van der Waals surface area contributed by atoms with E-state index >= 15 is 0 Å². The van der Waals surface area contributed by atoms with Crippen molar-refractivity contribution in [1.29, 1.82) is 5.26 Å². The van der Waals surface area contributed by atoms with E-state index in [0.717, 1.165) is 22.0 Å². The molecule has 1 aliphatic heterocycles. The van der Waals surface area contributed by atoms with Gasteiger partial charge in [0.2, 0.25) is 0 Å². The van der Waals surface area contributed by atoms with Crippen LogP contribution in [-0.2, 0) is 0 Å². The zero-order valence-corrected chi connectivity index (χ0v) is 14.8. The predicted octanol–water partition coefficient (Wildman–Crippen LogP) is 4.54. The summed E-state index contributed by atoms with van der Waals surface area (Å²) in [5.41, 5.74) is 2.29. The van der Waals surface area contributed by atoms with Crippen LogP contribution in [0.2, 0.25) is 5.02 Å². The second kappa shape index (κ2) is 6.32. The number of amides is 2. The van der Waals surface area contributed by atoms with Crippen molar-refractivity contribution in [2.75, 3.05) is 16.3 Å². The van der Waals surface area contributed by atoms with Gasteiger partial charge in [-0.3, -0.25) is 14.8 Å². The fourth-order valence-electron chi connectivity index (χ4n) is 3.33. The van der Waals surface area contributed by atoms with Gasteiger partial charge in [0, 0.05) is 27.7 Å². The second-order valence-corrected chi connectivity index (χ2v) is 6.66. The maximum Gasteiger partial charge on any atom is 0.330 e. The van der Waals surface area contributed by atoms with Gasteiger partial charge in [0.1, 0.15) is 6.04 Å². The maximum atomic E-state index is 13.2. The molecule has 2 heterocycles. The number of aryl methyl sites for hydroxylation is 1. The SMILES string of the molecule is Cc1ccc(Cl)cc1N1CC(C#N)N(c2cncc3ccccc23)C1=O. The Morgan fingerprint density at radius 1 is 1.19 bits per heavy atom. The molecule has 5 nitrogen and oxygen atoms in total. The van der Waals surface area contributed by atoms with Crippen LogP contribution in [0, 0.1) is 18.3 Å². The Labute approximate surface area is 156 Å². The number of aromatic nitrogens is 1. The normalized spacial score (nSPS) is 17.0. The summed E-state index contributed by atoms with van der Waals surface area (Å²) in [4.78, 5) is 20.6. The quantitative estimate of drug-likeness (QED) is 0.672. The number of rotatable bonds is 2. The average Bonchev–Trinajstić information content (AvgIpc) is 2.99. The monoisotopic (exact) mass is 362 g/mol. The number of carbonyl (C=O) groups excluding carboxylic acids is 1. The molecular weight excluding hydrogens is 348 g/mol. The number of anilines is 2. The first kappa shape index (κ1) is 16.4. The fourth-order valence-corrected chi connectivity index (χ4v) is 3.50. The van der Waals surface area contributed by atoms with Crippen molar-refractivity contribution in [2.24, 2.45) is 0 Å². The van der Waals surface area contributed by atoms with E-state index < -0.39 is 6.04 Å². The lowest BCUT2D eigenvalue weighted by Crippen LogP contribution is -2.34. The Morgan fingerprint density at radius 2 is 2.00 bits per heavy atom. The van der Waals surface area contributed by atoms with E-state index in [1.807, 2.05) is 37.3 Å². The third-order valence-electron chi connectivity index (χ3n) is 4.62. The number of halogens is 1. The Bertz CT molecular complexity index is 1050. The van der Waals surface area contributed by atoms with E-state index in [1.54, 1.807) is 29.4 Å². The molecule has 1 aliphatic rings.